The molecule has 0 radical (unpaired) electrons. The van der Waals surface area contributed by atoms with E-state index in [1.54, 1.807) is 25.3 Å². The Morgan fingerprint density at radius 3 is 2.40 bits per heavy atom. The van der Waals surface area contributed by atoms with Gasteiger partial charge in [0.25, 0.3) is 0 Å². The molecule has 5 heteroatoms. The molecule has 1 aliphatic carbocycles. The number of hydrogen-bond acceptors (Lipinski definition) is 4. The zero-order chi connectivity index (χ0) is 14.3. The molecule has 1 fully saturated rings. The maximum absolute atomic E-state index is 11.5. The Morgan fingerprint density at radius 1 is 1.20 bits per heavy atom. The molecule has 2 aromatic rings. The van der Waals surface area contributed by atoms with E-state index in [0.29, 0.717) is 28.3 Å². The van der Waals surface area contributed by atoms with Crippen LogP contribution in [-0.4, -0.2) is 30.3 Å². The zero-order valence-corrected chi connectivity index (χ0v) is 11.3. The third-order valence-corrected chi connectivity index (χ3v) is 3.56. The molecule has 1 N–H and O–H groups in total. The van der Waals surface area contributed by atoms with Gasteiger partial charge in [0.05, 0.1) is 25.3 Å². The molecular formula is C15H15NO4. The summed E-state index contributed by atoms with van der Waals surface area (Å²) in [4.78, 5) is 16.0. The molecule has 1 saturated carbocycles. The third kappa shape index (κ3) is 2.05. The van der Waals surface area contributed by atoms with E-state index in [4.69, 9.17) is 9.47 Å². The molecule has 0 atom stereocenters. The molecule has 0 bridgehead atoms. The summed E-state index contributed by atoms with van der Waals surface area (Å²) >= 11 is 0. The Bertz CT molecular complexity index is 692. The van der Waals surface area contributed by atoms with E-state index in [2.05, 4.69) is 4.98 Å². The van der Waals surface area contributed by atoms with Crippen molar-refractivity contribution in [3.05, 3.63) is 29.5 Å². The second-order valence-corrected chi connectivity index (χ2v) is 4.90. The molecular weight excluding hydrogens is 258 g/mol. The van der Waals surface area contributed by atoms with Crippen LogP contribution in [0.4, 0.5) is 0 Å². The average Bonchev–Trinajstić information content (AvgIpc) is 3.28. The van der Waals surface area contributed by atoms with Crippen molar-refractivity contribution in [3.8, 4) is 11.5 Å². The number of carbonyl (C=O) groups is 1. The molecule has 3 rings (SSSR count). The van der Waals surface area contributed by atoms with Gasteiger partial charge >= 0.3 is 5.97 Å². The molecule has 104 valence electrons. The van der Waals surface area contributed by atoms with Gasteiger partial charge in [0, 0.05) is 23.1 Å². The van der Waals surface area contributed by atoms with Crippen LogP contribution in [0.25, 0.3) is 10.9 Å². The molecule has 1 aliphatic rings. The number of ether oxygens (including phenoxy) is 2. The topological polar surface area (TPSA) is 68.7 Å². The number of fused-ring (bicyclic) bond motifs is 1. The van der Waals surface area contributed by atoms with Crippen LogP contribution in [0.3, 0.4) is 0 Å². The highest BCUT2D eigenvalue weighted by atomic mass is 16.5. The molecule has 0 amide bonds. The first-order chi connectivity index (χ1) is 9.63. The first-order valence-corrected chi connectivity index (χ1v) is 6.44. The number of benzene rings is 1. The quantitative estimate of drug-likeness (QED) is 0.927. The number of methoxy groups -OCH3 is 2. The second-order valence-electron chi connectivity index (χ2n) is 4.90. The summed E-state index contributed by atoms with van der Waals surface area (Å²) in [6, 6.07) is 5.07. The first kappa shape index (κ1) is 12.7. The summed E-state index contributed by atoms with van der Waals surface area (Å²) in [6.07, 6.45) is 2.15. The third-order valence-electron chi connectivity index (χ3n) is 3.56. The van der Waals surface area contributed by atoms with Crippen molar-refractivity contribution >= 4 is 16.9 Å². The summed E-state index contributed by atoms with van der Waals surface area (Å²) in [6.45, 7) is 0. The van der Waals surface area contributed by atoms with E-state index in [1.165, 1.54) is 7.11 Å². The van der Waals surface area contributed by atoms with Crippen molar-refractivity contribution in [2.75, 3.05) is 14.2 Å². The van der Waals surface area contributed by atoms with Gasteiger partial charge in [-0.3, -0.25) is 4.98 Å². The monoisotopic (exact) mass is 273 g/mol. The first-order valence-electron chi connectivity index (χ1n) is 6.44. The van der Waals surface area contributed by atoms with E-state index in [0.717, 1.165) is 18.5 Å². The molecule has 1 heterocycles. The number of aromatic carboxylic acids is 1. The lowest BCUT2D eigenvalue weighted by atomic mass is 10.1. The molecule has 20 heavy (non-hydrogen) atoms. The van der Waals surface area contributed by atoms with Gasteiger partial charge in [-0.05, 0) is 25.0 Å². The summed E-state index contributed by atoms with van der Waals surface area (Å²) < 4.78 is 10.5. The number of rotatable bonds is 4. The van der Waals surface area contributed by atoms with Gasteiger partial charge < -0.3 is 14.6 Å². The zero-order valence-electron chi connectivity index (χ0n) is 11.3. The Labute approximate surface area is 116 Å². The minimum atomic E-state index is -0.952. The van der Waals surface area contributed by atoms with Crippen LogP contribution in [0.15, 0.2) is 18.2 Å². The molecule has 0 saturated heterocycles. The number of aromatic nitrogens is 1. The highest BCUT2D eigenvalue weighted by Crippen LogP contribution is 2.41. The van der Waals surface area contributed by atoms with Gasteiger partial charge in [0.2, 0.25) is 0 Å². The van der Waals surface area contributed by atoms with E-state index in [1.807, 2.05) is 0 Å². The lowest BCUT2D eigenvalue weighted by molar-refractivity contribution is 0.0699. The van der Waals surface area contributed by atoms with Gasteiger partial charge in [-0.1, -0.05) is 0 Å². The standard InChI is InChI=1S/C15H15NO4/c1-19-13-6-9-10(15(17)18)5-11(8-3-4-8)16-12(9)7-14(13)20-2/h5-8H,3-4H2,1-2H3,(H,17,18). The summed E-state index contributed by atoms with van der Waals surface area (Å²) in [5.74, 6) is 0.498. The second kappa shape index (κ2) is 4.67. The highest BCUT2D eigenvalue weighted by Gasteiger charge is 2.27. The van der Waals surface area contributed by atoms with Crippen molar-refractivity contribution in [1.82, 2.24) is 4.98 Å². The Morgan fingerprint density at radius 2 is 1.85 bits per heavy atom. The van der Waals surface area contributed by atoms with Crippen LogP contribution in [-0.2, 0) is 0 Å². The van der Waals surface area contributed by atoms with Crippen molar-refractivity contribution in [2.24, 2.45) is 0 Å². The number of carboxylic acid groups (broad SMARTS) is 1. The molecule has 0 aliphatic heterocycles. The van der Waals surface area contributed by atoms with Crippen LogP contribution >= 0.6 is 0 Å². The summed E-state index contributed by atoms with van der Waals surface area (Å²) in [7, 11) is 3.07. The van der Waals surface area contributed by atoms with Crippen molar-refractivity contribution in [3.63, 3.8) is 0 Å². The van der Waals surface area contributed by atoms with Crippen LogP contribution in [0.5, 0.6) is 11.5 Å². The predicted octanol–water partition coefficient (Wildman–Crippen LogP) is 2.83. The summed E-state index contributed by atoms with van der Waals surface area (Å²) in [5.41, 5.74) is 1.74. The SMILES string of the molecule is COc1cc2nc(C3CC3)cc(C(=O)O)c2cc1OC. The maximum Gasteiger partial charge on any atom is 0.336 e. The molecule has 0 spiro atoms. The highest BCUT2D eigenvalue weighted by molar-refractivity contribution is 6.03. The van der Waals surface area contributed by atoms with E-state index in [9.17, 15) is 9.90 Å². The fraction of sp³-hybridized carbons (Fsp3) is 0.333. The Kier molecular flexibility index (Phi) is 2.97. The molecule has 5 nitrogen and oxygen atoms in total. The number of pyridine rings is 1. The molecule has 1 aromatic carbocycles. The normalized spacial score (nSPS) is 14.3. The Hall–Kier alpha value is -2.30. The average molecular weight is 273 g/mol. The van der Waals surface area contributed by atoms with E-state index in [-0.39, 0.29) is 5.56 Å². The number of hydrogen-bond donors (Lipinski definition) is 1. The lowest BCUT2D eigenvalue weighted by Gasteiger charge is -2.11. The summed E-state index contributed by atoms with van der Waals surface area (Å²) in [5, 5.41) is 9.97. The van der Waals surface area contributed by atoms with Gasteiger partial charge in [-0.15, -0.1) is 0 Å². The van der Waals surface area contributed by atoms with Gasteiger partial charge in [0.15, 0.2) is 11.5 Å². The predicted molar refractivity (Wildman–Crippen MR) is 73.8 cm³/mol. The van der Waals surface area contributed by atoms with Gasteiger partial charge in [0.1, 0.15) is 0 Å². The largest absolute Gasteiger partial charge is 0.493 e. The minimum Gasteiger partial charge on any atom is -0.493 e. The van der Waals surface area contributed by atoms with Crippen LogP contribution in [0, 0.1) is 0 Å². The lowest BCUT2D eigenvalue weighted by Crippen LogP contribution is -2.02. The Balaban J connectivity index is 2.29. The fourth-order valence-electron chi connectivity index (χ4n) is 2.34. The molecule has 0 unspecified atom stereocenters. The van der Waals surface area contributed by atoms with Crippen molar-refractivity contribution < 1.29 is 19.4 Å². The van der Waals surface area contributed by atoms with Crippen LogP contribution in [0.2, 0.25) is 0 Å². The fourth-order valence-corrected chi connectivity index (χ4v) is 2.34. The number of nitrogens with zero attached hydrogens (tertiary/aromatic N) is 1. The molecule has 1 aromatic heterocycles. The van der Waals surface area contributed by atoms with Crippen LogP contribution in [0.1, 0.15) is 34.8 Å². The van der Waals surface area contributed by atoms with E-state index < -0.39 is 5.97 Å². The number of carboxylic acids is 1. The van der Waals surface area contributed by atoms with E-state index >= 15 is 0 Å². The van der Waals surface area contributed by atoms with Gasteiger partial charge in [-0.25, -0.2) is 4.79 Å². The van der Waals surface area contributed by atoms with Crippen LogP contribution < -0.4 is 9.47 Å². The van der Waals surface area contributed by atoms with Crippen molar-refractivity contribution in [1.29, 1.82) is 0 Å². The minimum absolute atomic E-state index is 0.262. The van der Waals surface area contributed by atoms with Gasteiger partial charge in [-0.2, -0.15) is 0 Å². The van der Waals surface area contributed by atoms with Crippen molar-refractivity contribution in [2.45, 2.75) is 18.8 Å². The smallest absolute Gasteiger partial charge is 0.336 e. The maximum atomic E-state index is 11.5.